The van der Waals surface area contributed by atoms with Crippen LogP contribution in [0.25, 0.3) is 22.5 Å². The van der Waals surface area contributed by atoms with E-state index in [9.17, 15) is 9.90 Å². The zero-order valence-corrected chi connectivity index (χ0v) is 12.2. The fourth-order valence-electron chi connectivity index (χ4n) is 2.71. The minimum Gasteiger partial charge on any atom is -0.478 e. The molecule has 22 heavy (non-hydrogen) atoms. The molecule has 0 amide bonds. The van der Waals surface area contributed by atoms with Crippen molar-refractivity contribution in [1.82, 2.24) is 9.55 Å². The summed E-state index contributed by atoms with van der Waals surface area (Å²) < 4.78 is 2.04. The average molecular weight is 292 g/mol. The largest absolute Gasteiger partial charge is 0.478 e. The molecule has 0 fully saturated rings. The van der Waals surface area contributed by atoms with Gasteiger partial charge in [-0.3, -0.25) is 4.98 Å². The molecule has 3 rings (SSSR count). The maximum absolute atomic E-state index is 11.7. The predicted octanol–water partition coefficient (Wildman–Crippen LogP) is 3.94. The first-order valence-electron chi connectivity index (χ1n) is 7.15. The number of aromatic carboxylic acids is 1. The summed E-state index contributed by atoms with van der Waals surface area (Å²) >= 11 is 0. The van der Waals surface area contributed by atoms with Crippen LogP contribution in [0.5, 0.6) is 0 Å². The summed E-state index contributed by atoms with van der Waals surface area (Å²) in [5.41, 5.74) is 3.81. The molecule has 0 radical (unpaired) electrons. The molecule has 0 saturated heterocycles. The number of pyridine rings is 1. The Morgan fingerprint density at radius 1 is 1.09 bits per heavy atom. The van der Waals surface area contributed by atoms with Gasteiger partial charge in [-0.1, -0.05) is 30.3 Å². The van der Waals surface area contributed by atoms with Gasteiger partial charge in [-0.15, -0.1) is 0 Å². The molecule has 1 aromatic carbocycles. The lowest BCUT2D eigenvalue weighted by atomic mass is 10.1. The van der Waals surface area contributed by atoms with Gasteiger partial charge >= 0.3 is 5.97 Å². The van der Waals surface area contributed by atoms with Gasteiger partial charge in [0.05, 0.1) is 11.3 Å². The van der Waals surface area contributed by atoms with Crippen molar-refractivity contribution >= 4 is 5.97 Å². The lowest BCUT2D eigenvalue weighted by Crippen LogP contribution is -2.03. The first kappa shape index (κ1) is 14.1. The molecule has 2 aromatic heterocycles. The molecule has 0 aliphatic heterocycles. The third-order valence-electron chi connectivity index (χ3n) is 3.67. The summed E-state index contributed by atoms with van der Waals surface area (Å²) in [6.45, 7) is 2.71. The quantitative estimate of drug-likeness (QED) is 0.792. The first-order valence-corrected chi connectivity index (χ1v) is 7.15. The van der Waals surface area contributed by atoms with E-state index in [2.05, 4.69) is 4.98 Å². The van der Waals surface area contributed by atoms with E-state index < -0.39 is 5.97 Å². The van der Waals surface area contributed by atoms with Crippen molar-refractivity contribution in [3.63, 3.8) is 0 Å². The van der Waals surface area contributed by atoms with E-state index in [1.165, 1.54) is 0 Å². The summed E-state index contributed by atoms with van der Waals surface area (Å²) in [5, 5.41) is 9.58. The molecule has 4 nitrogen and oxygen atoms in total. The maximum atomic E-state index is 11.7. The Labute approximate surface area is 128 Å². The van der Waals surface area contributed by atoms with Gasteiger partial charge in [0.1, 0.15) is 0 Å². The minimum atomic E-state index is -0.915. The second kappa shape index (κ2) is 5.85. The van der Waals surface area contributed by atoms with Gasteiger partial charge in [0.2, 0.25) is 0 Å². The van der Waals surface area contributed by atoms with Crippen LogP contribution in [0.4, 0.5) is 0 Å². The molecular weight excluding hydrogens is 276 g/mol. The highest BCUT2D eigenvalue weighted by Gasteiger charge is 2.21. The summed E-state index contributed by atoms with van der Waals surface area (Å²) in [4.78, 5) is 15.7. The molecule has 0 aliphatic rings. The molecule has 0 aliphatic carbocycles. The number of hydrogen-bond donors (Lipinski definition) is 1. The number of carbonyl (C=O) groups is 1. The highest BCUT2D eigenvalue weighted by Crippen LogP contribution is 2.32. The number of benzene rings is 1. The fourth-order valence-corrected chi connectivity index (χ4v) is 2.71. The normalized spacial score (nSPS) is 10.6. The molecule has 0 saturated carbocycles. The minimum absolute atomic E-state index is 0.319. The molecule has 0 atom stereocenters. The molecule has 110 valence electrons. The van der Waals surface area contributed by atoms with Gasteiger partial charge in [0.25, 0.3) is 0 Å². The first-order chi connectivity index (χ1) is 10.7. The second-order valence-corrected chi connectivity index (χ2v) is 4.94. The molecule has 0 bridgehead atoms. The summed E-state index contributed by atoms with van der Waals surface area (Å²) in [6, 6.07) is 15.1. The lowest BCUT2D eigenvalue weighted by molar-refractivity contribution is 0.0698. The Hall–Kier alpha value is -2.88. The Morgan fingerprint density at radius 2 is 1.77 bits per heavy atom. The number of carboxylic acid groups (broad SMARTS) is 1. The highest BCUT2D eigenvalue weighted by atomic mass is 16.4. The van der Waals surface area contributed by atoms with Crippen molar-refractivity contribution in [2.24, 2.45) is 0 Å². The monoisotopic (exact) mass is 292 g/mol. The molecule has 0 spiro atoms. The van der Waals surface area contributed by atoms with Crippen molar-refractivity contribution < 1.29 is 9.90 Å². The number of nitrogens with zero attached hydrogens (tertiary/aromatic N) is 2. The Balaban J connectivity index is 2.29. The fraction of sp³-hybridized carbons (Fsp3) is 0.111. The molecule has 1 N–H and O–H groups in total. The third kappa shape index (κ3) is 2.39. The summed E-state index contributed by atoms with van der Waals surface area (Å²) in [5.74, 6) is -0.915. The van der Waals surface area contributed by atoms with Gasteiger partial charge in [0, 0.05) is 30.2 Å². The van der Waals surface area contributed by atoms with Crippen LogP contribution in [0.1, 0.15) is 17.3 Å². The van der Waals surface area contributed by atoms with Gasteiger partial charge in [-0.2, -0.15) is 0 Å². The van der Waals surface area contributed by atoms with Gasteiger partial charge < -0.3 is 9.67 Å². The van der Waals surface area contributed by atoms with Crippen molar-refractivity contribution in [3.8, 4) is 22.5 Å². The van der Waals surface area contributed by atoms with E-state index in [0.29, 0.717) is 12.1 Å². The Morgan fingerprint density at radius 3 is 2.36 bits per heavy atom. The van der Waals surface area contributed by atoms with E-state index in [1.807, 2.05) is 54.0 Å². The van der Waals surface area contributed by atoms with Crippen molar-refractivity contribution in [2.45, 2.75) is 13.5 Å². The van der Waals surface area contributed by atoms with Crippen LogP contribution in [0.15, 0.2) is 60.9 Å². The van der Waals surface area contributed by atoms with Crippen molar-refractivity contribution in [1.29, 1.82) is 0 Å². The second-order valence-electron chi connectivity index (χ2n) is 4.94. The molecule has 0 unspecified atom stereocenters. The topological polar surface area (TPSA) is 55.1 Å². The van der Waals surface area contributed by atoms with Crippen molar-refractivity contribution in [3.05, 3.63) is 66.5 Å². The van der Waals surface area contributed by atoms with E-state index in [4.69, 9.17) is 0 Å². The third-order valence-corrected chi connectivity index (χ3v) is 3.67. The Kier molecular flexibility index (Phi) is 3.74. The molecule has 2 heterocycles. The Bertz CT molecular complexity index is 793. The van der Waals surface area contributed by atoms with Crippen LogP contribution in [-0.4, -0.2) is 20.6 Å². The average Bonchev–Trinajstić information content (AvgIpc) is 2.96. The van der Waals surface area contributed by atoms with Crippen LogP contribution in [0, 0.1) is 0 Å². The molecule has 4 heteroatoms. The van der Waals surface area contributed by atoms with Crippen LogP contribution < -0.4 is 0 Å². The number of carboxylic acids is 1. The van der Waals surface area contributed by atoms with Crippen LogP contribution in [-0.2, 0) is 6.54 Å². The highest BCUT2D eigenvalue weighted by molar-refractivity contribution is 5.97. The predicted molar refractivity (Wildman–Crippen MR) is 85.7 cm³/mol. The SMILES string of the molecule is CCn1c(-c2ccncc2)cc(C(=O)O)c1-c1ccccc1. The van der Waals surface area contributed by atoms with E-state index in [0.717, 1.165) is 22.5 Å². The standard InChI is InChI=1S/C18H16N2O2/c1-2-20-16(13-8-10-19-11-9-13)12-15(18(21)22)17(20)14-6-4-3-5-7-14/h3-12H,2H2,1H3,(H,21,22). The smallest absolute Gasteiger partial charge is 0.337 e. The molecular formula is C18H16N2O2. The van der Waals surface area contributed by atoms with Crippen LogP contribution >= 0.6 is 0 Å². The van der Waals surface area contributed by atoms with Gasteiger partial charge in [0.15, 0.2) is 0 Å². The zero-order valence-electron chi connectivity index (χ0n) is 12.2. The summed E-state index contributed by atoms with van der Waals surface area (Å²) in [7, 11) is 0. The lowest BCUT2D eigenvalue weighted by Gasteiger charge is -2.12. The van der Waals surface area contributed by atoms with Crippen molar-refractivity contribution in [2.75, 3.05) is 0 Å². The van der Waals surface area contributed by atoms with Gasteiger partial charge in [-0.05, 0) is 30.7 Å². The van der Waals surface area contributed by atoms with E-state index in [1.54, 1.807) is 18.5 Å². The van der Waals surface area contributed by atoms with Crippen LogP contribution in [0.3, 0.4) is 0 Å². The van der Waals surface area contributed by atoms with Gasteiger partial charge in [-0.25, -0.2) is 4.79 Å². The zero-order chi connectivity index (χ0) is 15.5. The van der Waals surface area contributed by atoms with E-state index in [-0.39, 0.29) is 0 Å². The summed E-state index contributed by atoms with van der Waals surface area (Å²) in [6.07, 6.45) is 3.43. The number of rotatable bonds is 4. The molecule has 3 aromatic rings. The van der Waals surface area contributed by atoms with E-state index >= 15 is 0 Å². The van der Waals surface area contributed by atoms with Crippen LogP contribution in [0.2, 0.25) is 0 Å². The maximum Gasteiger partial charge on any atom is 0.337 e. The number of hydrogen-bond acceptors (Lipinski definition) is 2. The number of aromatic nitrogens is 2.